The summed E-state index contributed by atoms with van der Waals surface area (Å²) in [5.41, 5.74) is 0.469. The lowest BCUT2D eigenvalue weighted by atomic mass is 9.84. The molecule has 0 heterocycles. The Kier molecular flexibility index (Phi) is 4.77. The number of nitrogens with zero attached hydrogens (tertiary/aromatic N) is 1. The van der Waals surface area contributed by atoms with Crippen molar-refractivity contribution in [2.24, 2.45) is 17.8 Å². The van der Waals surface area contributed by atoms with Gasteiger partial charge in [0.1, 0.15) is 5.75 Å². The van der Waals surface area contributed by atoms with Crippen LogP contribution in [0.15, 0.2) is 18.2 Å². The van der Waals surface area contributed by atoms with E-state index in [0.717, 1.165) is 11.8 Å². The molecule has 3 rings (SSSR count). The van der Waals surface area contributed by atoms with Crippen LogP contribution in [0.3, 0.4) is 0 Å². The van der Waals surface area contributed by atoms with Crippen LogP contribution >= 0.6 is 11.6 Å². The van der Waals surface area contributed by atoms with Crippen molar-refractivity contribution in [3.05, 3.63) is 28.8 Å². The number of carbonyl (C=O) groups excluding carboxylic acids is 1. The summed E-state index contributed by atoms with van der Waals surface area (Å²) in [6, 6.07) is 6.98. The Morgan fingerprint density at radius 2 is 2.30 bits per heavy atom. The van der Waals surface area contributed by atoms with Crippen LogP contribution in [0.25, 0.3) is 0 Å². The number of hydrogen-bond acceptors (Lipinski definition) is 3. The minimum atomic E-state index is -0.124. The second-order valence-electron chi connectivity index (χ2n) is 6.74. The number of amides is 1. The molecule has 2 fully saturated rings. The van der Waals surface area contributed by atoms with Crippen molar-refractivity contribution in [2.75, 3.05) is 6.61 Å². The fraction of sp³-hybridized carbons (Fsp3) is 0.556. The van der Waals surface area contributed by atoms with Crippen molar-refractivity contribution in [3.63, 3.8) is 0 Å². The second-order valence-corrected chi connectivity index (χ2v) is 7.15. The zero-order valence-electron chi connectivity index (χ0n) is 13.2. The van der Waals surface area contributed by atoms with Gasteiger partial charge in [-0.1, -0.05) is 18.0 Å². The van der Waals surface area contributed by atoms with Gasteiger partial charge in [-0.05, 0) is 62.1 Å². The lowest BCUT2D eigenvalue weighted by molar-refractivity contribution is -0.124. The maximum Gasteiger partial charge on any atom is 0.258 e. The molecule has 23 heavy (non-hydrogen) atoms. The SMILES string of the molecule is C[C@H](NC(=O)COc1ccc(C#N)cc1Cl)[C@@H]1C[C@H]2CC[C@H]1C2. The molecule has 2 aliphatic rings. The molecule has 0 aliphatic heterocycles. The molecule has 122 valence electrons. The first-order valence-corrected chi connectivity index (χ1v) is 8.56. The van der Waals surface area contributed by atoms with Gasteiger partial charge in [-0.15, -0.1) is 0 Å². The van der Waals surface area contributed by atoms with E-state index in [-0.39, 0.29) is 18.6 Å². The molecule has 1 N–H and O–H groups in total. The highest BCUT2D eigenvalue weighted by molar-refractivity contribution is 6.32. The Balaban J connectivity index is 1.49. The molecule has 2 aliphatic carbocycles. The Hall–Kier alpha value is -1.73. The predicted octanol–water partition coefficient (Wildman–Crippen LogP) is 3.53. The quantitative estimate of drug-likeness (QED) is 0.897. The van der Waals surface area contributed by atoms with E-state index in [1.165, 1.54) is 31.7 Å². The van der Waals surface area contributed by atoms with Crippen LogP contribution in [0.5, 0.6) is 5.75 Å². The van der Waals surface area contributed by atoms with Gasteiger partial charge in [0.2, 0.25) is 0 Å². The molecule has 2 saturated carbocycles. The van der Waals surface area contributed by atoms with Crippen LogP contribution in [0.2, 0.25) is 5.02 Å². The van der Waals surface area contributed by atoms with Gasteiger partial charge in [0.15, 0.2) is 6.61 Å². The normalized spacial score (nSPS) is 26.6. The third-order valence-electron chi connectivity index (χ3n) is 5.24. The average molecular weight is 333 g/mol. The Labute approximate surface area is 141 Å². The van der Waals surface area contributed by atoms with Crippen LogP contribution in [0, 0.1) is 29.1 Å². The van der Waals surface area contributed by atoms with Gasteiger partial charge in [-0.25, -0.2) is 0 Å². The predicted molar refractivity (Wildman–Crippen MR) is 88.2 cm³/mol. The Morgan fingerprint density at radius 3 is 2.91 bits per heavy atom. The van der Waals surface area contributed by atoms with Gasteiger partial charge < -0.3 is 10.1 Å². The molecule has 0 spiro atoms. The fourth-order valence-corrected chi connectivity index (χ4v) is 4.37. The van der Waals surface area contributed by atoms with Crippen molar-refractivity contribution >= 4 is 17.5 Å². The molecule has 4 nitrogen and oxygen atoms in total. The molecular formula is C18H21ClN2O2. The summed E-state index contributed by atoms with van der Waals surface area (Å²) >= 11 is 6.04. The van der Waals surface area contributed by atoms with Crippen molar-refractivity contribution in [3.8, 4) is 11.8 Å². The first kappa shape index (κ1) is 16.1. The van der Waals surface area contributed by atoms with Crippen molar-refractivity contribution in [2.45, 2.75) is 38.6 Å². The average Bonchev–Trinajstić information content (AvgIpc) is 3.16. The Bertz CT molecular complexity index is 640. The highest BCUT2D eigenvalue weighted by atomic mass is 35.5. The Morgan fingerprint density at radius 1 is 1.48 bits per heavy atom. The number of carbonyl (C=O) groups is 1. The standard InChI is InChI=1S/C18H21ClN2O2/c1-11(15-7-12-2-4-14(15)6-12)21-18(22)10-23-17-5-3-13(9-20)8-16(17)19/h3,5,8,11-12,14-15H,2,4,6-7,10H2,1H3,(H,21,22)/t11-,12-,14-,15-/m0/s1. The van der Waals surface area contributed by atoms with Gasteiger partial charge in [-0.2, -0.15) is 5.26 Å². The first-order valence-electron chi connectivity index (χ1n) is 8.18. The van der Waals surface area contributed by atoms with Gasteiger partial charge >= 0.3 is 0 Å². The molecular weight excluding hydrogens is 312 g/mol. The van der Waals surface area contributed by atoms with E-state index in [0.29, 0.717) is 22.3 Å². The first-order chi connectivity index (χ1) is 11.1. The number of halogens is 1. The van der Waals surface area contributed by atoms with Gasteiger partial charge in [0.05, 0.1) is 16.7 Å². The zero-order chi connectivity index (χ0) is 16.4. The minimum Gasteiger partial charge on any atom is -0.482 e. The lowest BCUT2D eigenvalue weighted by Crippen LogP contribution is -2.42. The van der Waals surface area contributed by atoms with Gasteiger partial charge in [-0.3, -0.25) is 4.79 Å². The topological polar surface area (TPSA) is 62.1 Å². The second kappa shape index (κ2) is 6.80. The smallest absolute Gasteiger partial charge is 0.258 e. The van der Waals surface area contributed by atoms with E-state index in [1.54, 1.807) is 12.1 Å². The molecule has 5 heteroatoms. The van der Waals surface area contributed by atoms with E-state index < -0.39 is 0 Å². The van der Waals surface area contributed by atoms with Crippen molar-refractivity contribution < 1.29 is 9.53 Å². The summed E-state index contributed by atoms with van der Waals surface area (Å²) in [6.07, 6.45) is 5.26. The van der Waals surface area contributed by atoms with Gasteiger partial charge in [0.25, 0.3) is 5.91 Å². The molecule has 0 aromatic heterocycles. The number of benzene rings is 1. The van der Waals surface area contributed by atoms with E-state index in [2.05, 4.69) is 12.2 Å². The van der Waals surface area contributed by atoms with Crippen LogP contribution < -0.4 is 10.1 Å². The highest BCUT2D eigenvalue weighted by Gasteiger charge is 2.42. The van der Waals surface area contributed by atoms with E-state index in [4.69, 9.17) is 21.6 Å². The fourth-order valence-electron chi connectivity index (χ4n) is 4.14. The molecule has 1 amide bonds. The molecule has 0 radical (unpaired) electrons. The number of fused-ring (bicyclic) bond motifs is 2. The van der Waals surface area contributed by atoms with Crippen LogP contribution in [0.1, 0.15) is 38.2 Å². The van der Waals surface area contributed by atoms with E-state index in [1.807, 2.05) is 6.07 Å². The van der Waals surface area contributed by atoms with Crippen molar-refractivity contribution in [1.82, 2.24) is 5.32 Å². The summed E-state index contributed by atoms with van der Waals surface area (Å²) in [6.45, 7) is 2.04. The highest BCUT2D eigenvalue weighted by Crippen LogP contribution is 2.49. The van der Waals surface area contributed by atoms with Crippen LogP contribution in [-0.2, 0) is 4.79 Å². The van der Waals surface area contributed by atoms with Crippen LogP contribution in [-0.4, -0.2) is 18.6 Å². The minimum absolute atomic E-state index is 0.0588. The monoisotopic (exact) mass is 332 g/mol. The molecule has 0 saturated heterocycles. The number of nitriles is 1. The largest absolute Gasteiger partial charge is 0.482 e. The van der Waals surface area contributed by atoms with Crippen LogP contribution in [0.4, 0.5) is 0 Å². The summed E-state index contributed by atoms with van der Waals surface area (Å²) in [4.78, 5) is 12.1. The third kappa shape index (κ3) is 3.61. The number of nitrogens with one attached hydrogen (secondary N) is 1. The summed E-state index contributed by atoms with van der Waals surface area (Å²) in [5.74, 6) is 2.56. The molecule has 4 atom stereocenters. The summed E-state index contributed by atoms with van der Waals surface area (Å²) < 4.78 is 5.47. The molecule has 1 aromatic carbocycles. The maximum absolute atomic E-state index is 12.1. The van der Waals surface area contributed by atoms with E-state index in [9.17, 15) is 4.79 Å². The number of ether oxygens (including phenoxy) is 1. The van der Waals surface area contributed by atoms with Gasteiger partial charge in [0, 0.05) is 6.04 Å². The van der Waals surface area contributed by atoms with E-state index >= 15 is 0 Å². The molecule has 2 bridgehead atoms. The molecule has 1 aromatic rings. The summed E-state index contributed by atoms with van der Waals surface area (Å²) in [7, 11) is 0. The lowest BCUT2D eigenvalue weighted by Gasteiger charge is -2.28. The zero-order valence-corrected chi connectivity index (χ0v) is 14.0. The van der Waals surface area contributed by atoms with Crippen molar-refractivity contribution in [1.29, 1.82) is 5.26 Å². The number of hydrogen-bond donors (Lipinski definition) is 1. The third-order valence-corrected chi connectivity index (χ3v) is 5.54. The summed E-state index contributed by atoms with van der Waals surface area (Å²) in [5, 5.41) is 12.2. The number of rotatable bonds is 5. The maximum atomic E-state index is 12.1. The molecule has 0 unspecified atom stereocenters.